The standard InChI is InChI=1S/C15H21N5O/c1-12-9-18(2)15(17-12)13-5-3-7-19(10-13)14(21)11-20-8-4-6-16-20/h4,6,8-9,13H,3,5,7,10-11H2,1-2H3/t13-/m0/s1. The predicted molar refractivity (Wildman–Crippen MR) is 78.7 cm³/mol. The number of carbonyl (C=O) groups excluding carboxylic acids is 1. The fraction of sp³-hybridized carbons (Fsp3) is 0.533. The van der Waals surface area contributed by atoms with Gasteiger partial charge in [0.25, 0.3) is 0 Å². The Kier molecular flexibility index (Phi) is 3.77. The molecule has 0 bridgehead atoms. The number of likely N-dealkylation sites (tertiary alicyclic amines) is 1. The van der Waals surface area contributed by atoms with E-state index in [2.05, 4.69) is 14.6 Å². The van der Waals surface area contributed by atoms with Crippen LogP contribution >= 0.6 is 0 Å². The van der Waals surface area contributed by atoms with Crippen molar-refractivity contribution < 1.29 is 4.79 Å². The molecule has 0 saturated carbocycles. The molecule has 1 atom stereocenters. The molecule has 0 aliphatic carbocycles. The van der Waals surface area contributed by atoms with E-state index in [0.717, 1.165) is 37.4 Å². The largest absolute Gasteiger partial charge is 0.340 e. The summed E-state index contributed by atoms with van der Waals surface area (Å²) in [7, 11) is 2.03. The molecule has 21 heavy (non-hydrogen) atoms. The van der Waals surface area contributed by atoms with Crippen molar-refractivity contribution >= 4 is 5.91 Å². The van der Waals surface area contributed by atoms with E-state index in [9.17, 15) is 4.79 Å². The summed E-state index contributed by atoms with van der Waals surface area (Å²) in [4.78, 5) is 18.9. The third-order valence-electron chi connectivity index (χ3n) is 4.03. The minimum absolute atomic E-state index is 0.134. The normalized spacial score (nSPS) is 19.0. The minimum atomic E-state index is 0.134. The van der Waals surface area contributed by atoms with Gasteiger partial charge in [-0.15, -0.1) is 0 Å². The van der Waals surface area contributed by atoms with Gasteiger partial charge in [0.05, 0.1) is 5.69 Å². The molecular weight excluding hydrogens is 266 g/mol. The fourth-order valence-electron chi connectivity index (χ4n) is 3.06. The van der Waals surface area contributed by atoms with Crippen molar-refractivity contribution in [2.24, 2.45) is 7.05 Å². The molecule has 6 nitrogen and oxygen atoms in total. The average Bonchev–Trinajstić information content (AvgIpc) is 3.08. The monoisotopic (exact) mass is 287 g/mol. The lowest BCUT2D eigenvalue weighted by molar-refractivity contribution is -0.133. The molecule has 1 aliphatic rings. The van der Waals surface area contributed by atoms with Crippen molar-refractivity contribution in [2.75, 3.05) is 13.1 Å². The molecule has 0 unspecified atom stereocenters. The van der Waals surface area contributed by atoms with E-state index < -0.39 is 0 Å². The van der Waals surface area contributed by atoms with Crippen LogP contribution in [0.1, 0.15) is 30.3 Å². The van der Waals surface area contributed by atoms with Crippen molar-refractivity contribution in [1.82, 2.24) is 24.2 Å². The second kappa shape index (κ2) is 5.71. The molecule has 2 aromatic rings. The second-order valence-electron chi connectivity index (χ2n) is 5.73. The van der Waals surface area contributed by atoms with Crippen LogP contribution in [0.25, 0.3) is 0 Å². The van der Waals surface area contributed by atoms with Crippen LogP contribution in [0.5, 0.6) is 0 Å². The first-order valence-corrected chi connectivity index (χ1v) is 7.38. The first kappa shape index (κ1) is 13.9. The summed E-state index contributed by atoms with van der Waals surface area (Å²) in [6, 6.07) is 1.84. The quantitative estimate of drug-likeness (QED) is 0.856. The van der Waals surface area contributed by atoms with E-state index in [-0.39, 0.29) is 5.91 Å². The van der Waals surface area contributed by atoms with Crippen LogP contribution in [-0.4, -0.2) is 43.2 Å². The summed E-state index contributed by atoms with van der Waals surface area (Å²) in [5.41, 5.74) is 1.03. The Morgan fingerprint density at radius 3 is 3.00 bits per heavy atom. The van der Waals surface area contributed by atoms with Gasteiger partial charge in [-0.2, -0.15) is 5.10 Å². The van der Waals surface area contributed by atoms with Gasteiger partial charge in [0, 0.05) is 44.6 Å². The van der Waals surface area contributed by atoms with E-state index in [1.807, 2.05) is 37.3 Å². The summed E-state index contributed by atoms with van der Waals surface area (Å²) in [6.45, 7) is 3.91. The van der Waals surface area contributed by atoms with Crippen molar-refractivity contribution in [3.05, 3.63) is 36.2 Å². The Morgan fingerprint density at radius 2 is 2.33 bits per heavy atom. The Labute approximate surface area is 124 Å². The van der Waals surface area contributed by atoms with E-state index >= 15 is 0 Å². The number of imidazole rings is 1. The van der Waals surface area contributed by atoms with Crippen LogP contribution in [0.15, 0.2) is 24.7 Å². The maximum absolute atomic E-state index is 12.4. The summed E-state index contributed by atoms with van der Waals surface area (Å²) >= 11 is 0. The van der Waals surface area contributed by atoms with Gasteiger partial charge in [-0.25, -0.2) is 4.98 Å². The first-order chi connectivity index (χ1) is 10.1. The lowest BCUT2D eigenvalue weighted by Gasteiger charge is -2.32. The number of rotatable bonds is 3. The van der Waals surface area contributed by atoms with Gasteiger partial charge in [0.15, 0.2) is 0 Å². The Hall–Kier alpha value is -2.11. The number of piperidine rings is 1. The van der Waals surface area contributed by atoms with Crippen LogP contribution in [0.4, 0.5) is 0 Å². The summed E-state index contributed by atoms with van der Waals surface area (Å²) < 4.78 is 3.76. The van der Waals surface area contributed by atoms with E-state index in [1.165, 1.54) is 0 Å². The van der Waals surface area contributed by atoms with Gasteiger partial charge < -0.3 is 9.47 Å². The number of aryl methyl sites for hydroxylation is 2. The molecule has 1 fully saturated rings. The zero-order valence-corrected chi connectivity index (χ0v) is 12.6. The molecule has 2 aromatic heterocycles. The van der Waals surface area contributed by atoms with Gasteiger partial charge in [-0.05, 0) is 25.8 Å². The SMILES string of the molecule is Cc1cn(C)c([C@H]2CCCN(C(=O)Cn3cccn3)C2)n1. The first-order valence-electron chi connectivity index (χ1n) is 7.38. The van der Waals surface area contributed by atoms with Crippen molar-refractivity contribution in [2.45, 2.75) is 32.2 Å². The number of hydrogen-bond acceptors (Lipinski definition) is 3. The Morgan fingerprint density at radius 1 is 1.48 bits per heavy atom. The van der Waals surface area contributed by atoms with Crippen molar-refractivity contribution in [3.8, 4) is 0 Å². The summed E-state index contributed by atoms with van der Waals surface area (Å²) in [6.07, 6.45) is 7.68. The van der Waals surface area contributed by atoms with Gasteiger partial charge >= 0.3 is 0 Å². The van der Waals surface area contributed by atoms with E-state index in [1.54, 1.807) is 10.9 Å². The Balaban J connectivity index is 1.68. The van der Waals surface area contributed by atoms with E-state index in [0.29, 0.717) is 12.5 Å². The van der Waals surface area contributed by atoms with Crippen molar-refractivity contribution in [1.29, 1.82) is 0 Å². The van der Waals surface area contributed by atoms with E-state index in [4.69, 9.17) is 0 Å². The highest BCUT2D eigenvalue weighted by molar-refractivity contribution is 5.76. The topological polar surface area (TPSA) is 56.0 Å². The number of carbonyl (C=O) groups is 1. The molecule has 0 N–H and O–H groups in total. The van der Waals surface area contributed by atoms with Crippen LogP contribution in [-0.2, 0) is 18.4 Å². The average molecular weight is 287 g/mol. The number of hydrogen-bond donors (Lipinski definition) is 0. The lowest BCUT2D eigenvalue weighted by Crippen LogP contribution is -2.41. The molecule has 3 heterocycles. The third-order valence-corrected chi connectivity index (χ3v) is 4.03. The number of aromatic nitrogens is 4. The maximum Gasteiger partial charge on any atom is 0.244 e. The zero-order chi connectivity index (χ0) is 14.8. The summed E-state index contributed by atoms with van der Waals surface area (Å²) in [5, 5.41) is 4.10. The molecule has 0 aromatic carbocycles. The number of amides is 1. The van der Waals surface area contributed by atoms with Crippen LogP contribution in [0.3, 0.4) is 0 Å². The lowest BCUT2D eigenvalue weighted by atomic mass is 9.97. The van der Waals surface area contributed by atoms with Gasteiger partial charge in [-0.1, -0.05) is 0 Å². The third kappa shape index (κ3) is 2.99. The highest BCUT2D eigenvalue weighted by atomic mass is 16.2. The molecule has 1 amide bonds. The fourth-order valence-corrected chi connectivity index (χ4v) is 3.06. The molecule has 0 spiro atoms. The van der Waals surface area contributed by atoms with Gasteiger partial charge in [0.1, 0.15) is 12.4 Å². The summed E-state index contributed by atoms with van der Waals surface area (Å²) in [5.74, 6) is 1.55. The zero-order valence-electron chi connectivity index (χ0n) is 12.6. The molecule has 6 heteroatoms. The minimum Gasteiger partial charge on any atom is -0.340 e. The molecular formula is C15H21N5O. The predicted octanol–water partition coefficient (Wildman–Crippen LogP) is 1.33. The van der Waals surface area contributed by atoms with Gasteiger partial charge in [0.2, 0.25) is 5.91 Å². The number of nitrogens with zero attached hydrogens (tertiary/aromatic N) is 5. The highest BCUT2D eigenvalue weighted by Crippen LogP contribution is 2.26. The van der Waals surface area contributed by atoms with Crippen LogP contribution in [0, 0.1) is 6.92 Å². The Bertz CT molecular complexity index is 616. The highest BCUT2D eigenvalue weighted by Gasteiger charge is 2.27. The van der Waals surface area contributed by atoms with Gasteiger partial charge in [-0.3, -0.25) is 9.48 Å². The van der Waals surface area contributed by atoms with Crippen LogP contribution in [0.2, 0.25) is 0 Å². The smallest absolute Gasteiger partial charge is 0.244 e. The molecule has 0 radical (unpaired) electrons. The molecule has 1 saturated heterocycles. The molecule has 112 valence electrons. The van der Waals surface area contributed by atoms with Crippen LogP contribution < -0.4 is 0 Å². The maximum atomic E-state index is 12.4. The molecule has 1 aliphatic heterocycles. The molecule has 3 rings (SSSR count). The second-order valence-corrected chi connectivity index (χ2v) is 5.73. The van der Waals surface area contributed by atoms with Crippen molar-refractivity contribution in [3.63, 3.8) is 0 Å².